The predicted octanol–water partition coefficient (Wildman–Crippen LogP) is 1.63. The quantitative estimate of drug-likeness (QED) is 0.449. The van der Waals surface area contributed by atoms with E-state index in [4.69, 9.17) is 4.74 Å². The molecule has 0 fully saturated rings. The molecule has 7 heteroatoms. The van der Waals surface area contributed by atoms with Crippen LogP contribution in [0.4, 0.5) is 5.69 Å². The number of fused-ring (bicyclic) bond motifs is 1. The van der Waals surface area contributed by atoms with Crippen molar-refractivity contribution in [1.29, 1.82) is 0 Å². The first-order valence-corrected chi connectivity index (χ1v) is 7.92. The van der Waals surface area contributed by atoms with E-state index in [2.05, 4.69) is 15.4 Å². The molecule has 0 saturated heterocycles. The van der Waals surface area contributed by atoms with E-state index in [9.17, 15) is 14.4 Å². The lowest BCUT2D eigenvalue weighted by Crippen LogP contribution is -2.58. The zero-order valence-corrected chi connectivity index (χ0v) is 13.9. The van der Waals surface area contributed by atoms with Crippen LogP contribution in [0.25, 0.3) is 0 Å². The van der Waals surface area contributed by atoms with E-state index in [1.54, 1.807) is 24.3 Å². The largest absolute Gasteiger partial charge is 0.469 e. The number of methoxy groups -OCH3 is 1. The van der Waals surface area contributed by atoms with Gasteiger partial charge in [0.1, 0.15) is 5.75 Å². The number of carbonyl (C=O) groups is 3. The summed E-state index contributed by atoms with van der Waals surface area (Å²) in [6, 6.07) is 6.97. The first kappa shape index (κ1) is 17.8. The van der Waals surface area contributed by atoms with Crippen molar-refractivity contribution in [3.63, 3.8) is 0 Å². The van der Waals surface area contributed by atoms with Gasteiger partial charge in [-0.1, -0.05) is 18.6 Å². The van der Waals surface area contributed by atoms with Crippen LogP contribution < -0.4 is 15.4 Å². The van der Waals surface area contributed by atoms with Gasteiger partial charge in [0.25, 0.3) is 17.4 Å². The first-order valence-electron chi connectivity index (χ1n) is 7.92. The maximum Gasteiger partial charge on any atom is 0.305 e. The van der Waals surface area contributed by atoms with E-state index < -0.39 is 17.4 Å². The monoisotopic (exact) mass is 334 g/mol. The smallest absolute Gasteiger partial charge is 0.305 e. The fraction of sp³-hybridized carbons (Fsp3) is 0.471. The molecule has 0 radical (unpaired) electrons. The maximum atomic E-state index is 12.4. The zero-order valence-electron chi connectivity index (χ0n) is 13.9. The van der Waals surface area contributed by atoms with Crippen LogP contribution in [0.1, 0.15) is 32.6 Å². The number of para-hydroxylation sites is 2. The second-order valence-corrected chi connectivity index (χ2v) is 5.73. The average molecular weight is 334 g/mol. The van der Waals surface area contributed by atoms with Gasteiger partial charge in [-0.05, 0) is 31.9 Å². The van der Waals surface area contributed by atoms with Gasteiger partial charge in [0.05, 0.1) is 12.8 Å². The topological polar surface area (TPSA) is 93.7 Å². The van der Waals surface area contributed by atoms with Crippen LogP contribution in [-0.4, -0.2) is 37.0 Å². The summed E-state index contributed by atoms with van der Waals surface area (Å²) in [5.74, 6) is -0.753. The summed E-state index contributed by atoms with van der Waals surface area (Å²) in [4.78, 5) is 35.6. The summed E-state index contributed by atoms with van der Waals surface area (Å²) in [7, 11) is 1.36. The standard InChI is InChI=1S/C17H22N2O5/c1-17(15(21)18-11-7-3-4-10-14(20)23-2)16(22)19-12-8-5-6-9-13(12)24-17/h5-6,8-9H,3-4,7,10-11H2,1-2H3,(H,18,21)(H,19,22). The van der Waals surface area contributed by atoms with Crippen LogP contribution in [0.2, 0.25) is 0 Å². The molecule has 1 aliphatic rings. The van der Waals surface area contributed by atoms with E-state index in [-0.39, 0.29) is 5.97 Å². The third-order valence-electron chi connectivity index (χ3n) is 3.89. The molecule has 0 saturated carbocycles. The molecule has 1 aromatic carbocycles. The van der Waals surface area contributed by atoms with E-state index in [0.717, 1.165) is 6.42 Å². The molecule has 1 atom stereocenters. The number of nitrogens with one attached hydrogen (secondary N) is 2. The Bertz CT molecular complexity index is 631. The summed E-state index contributed by atoms with van der Waals surface area (Å²) in [6.07, 6.45) is 2.55. The summed E-state index contributed by atoms with van der Waals surface area (Å²) < 4.78 is 10.2. The van der Waals surface area contributed by atoms with Crippen LogP contribution in [0.15, 0.2) is 24.3 Å². The van der Waals surface area contributed by atoms with E-state index >= 15 is 0 Å². The van der Waals surface area contributed by atoms with Crippen molar-refractivity contribution in [3.8, 4) is 5.75 Å². The molecule has 0 aliphatic carbocycles. The number of anilines is 1. The number of unbranched alkanes of at least 4 members (excludes halogenated alkanes) is 2. The summed E-state index contributed by atoms with van der Waals surface area (Å²) in [5.41, 5.74) is -1.05. The van der Waals surface area contributed by atoms with Crippen molar-refractivity contribution >= 4 is 23.5 Å². The van der Waals surface area contributed by atoms with E-state index in [1.807, 2.05) is 0 Å². The Hall–Kier alpha value is -2.57. The molecule has 2 N–H and O–H groups in total. The average Bonchev–Trinajstić information content (AvgIpc) is 2.58. The van der Waals surface area contributed by atoms with Crippen LogP contribution in [0.5, 0.6) is 5.75 Å². The van der Waals surface area contributed by atoms with Gasteiger partial charge in [0.15, 0.2) is 0 Å². The van der Waals surface area contributed by atoms with Gasteiger partial charge in [-0.3, -0.25) is 14.4 Å². The lowest BCUT2D eigenvalue weighted by Gasteiger charge is -2.33. The highest BCUT2D eigenvalue weighted by molar-refractivity contribution is 6.15. The lowest BCUT2D eigenvalue weighted by atomic mass is 10.0. The Morgan fingerprint density at radius 2 is 2.00 bits per heavy atom. The zero-order chi connectivity index (χ0) is 17.6. The summed E-state index contributed by atoms with van der Waals surface area (Å²) in [5, 5.41) is 5.40. The molecule has 7 nitrogen and oxygen atoms in total. The fourth-order valence-electron chi connectivity index (χ4n) is 2.36. The molecule has 2 rings (SSSR count). The van der Waals surface area contributed by atoms with Crippen molar-refractivity contribution in [2.45, 2.75) is 38.2 Å². The number of hydrogen-bond acceptors (Lipinski definition) is 5. The Labute approximate surface area is 140 Å². The van der Waals surface area contributed by atoms with Gasteiger partial charge in [-0.2, -0.15) is 0 Å². The van der Waals surface area contributed by atoms with Crippen LogP contribution >= 0.6 is 0 Å². The van der Waals surface area contributed by atoms with E-state index in [0.29, 0.717) is 37.2 Å². The molecule has 0 aromatic heterocycles. The molecular weight excluding hydrogens is 312 g/mol. The highest BCUT2D eigenvalue weighted by Gasteiger charge is 2.46. The van der Waals surface area contributed by atoms with E-state index in [1.165, 1.54) is 14.0 Å². The third-order valence-corrected chi connectivity index (χ3v) is 3.89. The molecular formula is C17H22N2O5. The summed E-state index contributed by atoms with van der Waals surface area (Å²) >= 11 is 0. The lowest BCUT2D eigenvalue weighted by molar-refractivity contribution is -0.146. The predicted molar refractivity (Wildman–Crippen MR) is 87.6 cm³/mol. The minimum absolute atomic E-state index is 0.238. The Morgan fingerprint density at radius 3 is 2.75 bits per heavy atom. The molecule has 2 amide bonds. The minimum atomic E-state index is -1.60. The van der Waals surface area contributed by atoms with Crippen molar-refractivity contribution in [1.82, 2.24) is 5.32 Å². The third kappa shape index (κ3) is 4.04. The van der Waals surface area contributed by atoms with Gasteiger partial charge >= 0.3 is 5.97 Å². The first-order chi connectivity index (χ1) is 11.5. The number of esters is 1. The Kier molecular flexibility index (Phi) is 5.78. The Balaban J connectivity index is 1.81. The molecule has 0 bridgehead atoms. The highest BCUT2D eigenvalue weighted by atomic mass is 16.5. The van der Waals surface area contributed by atoms with Gasteiger partial charge in [0, 0.05) is 13.0 Å². The van der Waals surface area contributed by atoms with Crippen LogP contribution in [0.3, 0.4) is 0 Å². The molecule has 24 heavy (non-hydrogen) atoms. The maximum absolute atomic E-state index is 12.4. The van der Waals surface area contributed by atoms with Gasteiger partial charge < -0.3 is 20.1 Å². The minimum Gasteiger partial charge on any atom is -0.469 e. The van der Waals surface area contributed by atoms with Crippen molar-refractivity contribution < 1.29 is 23.9 Å². The SMILES string of the molecule is COC(=O)CCCCCNC(=O)C1(C)Oc2ccccc2NC1=O. The molecule has 1 heterocycles. The van der Waals surface area contributed by atoms with Crippen molar-refractivity contribution in [3.05, 3.63) is 24.3 Å². The van der Waals surface area contributed by atoms with Gasteiger partial charge in [0.2, 0.25) is 0 Å². The molecule has 0 spiro atoms. The van der Waals surface area contributed by atoms with Crippen LogP contribution in [-0.2, 0) is 19.1 Å². The number of benzene rings is 1. The number of amides is 2. The van der Waals surface area contributed by atoms with Crippen molar-refractivity contribution in [2.75, 3.05) is 19.0 Å². The highest BCUT2D eigenvalue weighted by Crippen LogP contribution is 2.33. The van der Waals surface area contributed by atoms with Gasteiger partial charge in [-0.25, -0.2) is 0 Å². The van der Waals surface area contributed by atoms with Gasteiger partial charge in [-0.15, -0.1) is 0 Å². The number of hydrogen-bond donors (Lipinski definition) is 2. The van der Waals surface area contributed by atoms with Crippen molar-refractivity contribution in [2.24, 2.45) is 0 Å². The van der Waals surface area contributed by atoms with Crippen LogP contribution in [0, 0.1) is 0 Å². The molecule has 130 valence electrons. The molecule has 1 aliphatic heterocycles. The number of ether oxygens (including phenoxy) is 2. The second-order valence-electron chi connectivity index (χ2n) is 5.73. The second kappa shape index (κ2) is 7.81. The number of rotatable bonds is 7. The number of carbonyl (C=O) groups excluding carboxylic acids is 3. The summed E-state index contributed by atoms with van der Waals surface area (Å²) in [6.45, 7) is 1.86. The Morgan fingerprint density at radius 1 is 1.25 bits per heavy atom. The molecule has 1 unspecified atom stereocenters. The molecule has 1 aromatic rings. The normalized spacial score (nSPS) is 18.8. The fourth-order valence-corrected chi connectivity index (χ4v) is 2.36.